The first-order valence-electron chi connectivity index (χ1n) is 5.29. The van der Waals surface area contributed by atoms with Gasteiger partial charge in [-0.3, -0.25) is 4.79 Å². The van der Waals surface area contributed by atoms with Crippen molar-refractivity contribution in [1.29, 1.82) is 0 Å². The summed E-state index contributed by atoms with van der Waals surface area (Å²) in [5, 5.41) is 17.8. The van der Waals surface area contributed by atoms with Crippen molar-refractivity contribution in [3.63, 3.8) is 0 Å². The standard InChI is InChI=1S/C13H9NO5/c15-10-5-6-14(11(7-10)13(18)19)9-3-1-8(2-4-9)12(16)17/h1-7H,(H,16,17)(H,18,19). The van der Waals surface area contributed by atoms with Crippen LogP contribution in [0.1, 0.15) is 20.8 Å². The molecule has 96 valence electrons. The molecule has 0 saturated carbocycles. The number of aromatic carboxylic acids is 2. The lowest BCUT2D eigenvalue weighted by Crippen LogP contribution is -2.14. The van der Waals surface area contributed by atoms with Gasteiger partial charge in [0.05, 0.1) is 5.56 Å². The van der Waals surface area contributed by atoms with Gasteiger partial charge in [-0.2, -0.15) is 0 Å². The number of hydrogen-bond acceptors (Lipinski definition) is 3. The van der Waals surface area contributed by atoms with E-state index in [1.807, 2.05) is 0 Å². The lowest BCUT2D eigenvalue weighted by molar-refractivity contribution is 0.0679. The molecule has 6 heteroatoms. The van der Waals surface area contributed by atoms with E-state index in [0.29, 0.717) is 5.69 Å². The molecule has 2 rings (SSSR count). The van der Waals surface area contributed by atoms with Crippen molar-refractivity contribution < 1.29 is 19.8 Å². The van der Waals surface area contributed by atoms with Crippen LogP contribution in [0.4, 0.5) is 0 Å². The minimum atomic E-state index is -1.24. The van der Waals surface area contributed by atoms with Gasteiger partial charge in [-0.15, -0.1) is 0 Å². The van der Waals surface area contributed by atoms with Crippen LogP contribution in [0.3, 0.4) is 0 Å². The lowest BCUT2D eigenvalue weighted by Gasteiger charge is -2.10. The maximum absolute atomic E-state index is 11.2. The van der Waals surface area contributed by atoms with Gasteiger partial charge in [-0.25, -0.2) is 9.59 Å². The Morgan fingerprint density at radius 2 is 1.58 bits per heavy atom. The van der Waals surface area contributed by atoms with Crippen molar-refractivity contribution in [3.05, 3.63) is 64.1 Å². The average molecular weight is 259 g/mol. The highest BCUT2D eigenvalue weighted by Crippen LogP contribution is 2.12. The van der Waals surface area contributed by atoms with Gasteiger partial charge in [-0.1, -0.05) is 0 Å². The summed E-state index contributed by atoms with van der Waals surface area (Å²) in [6.07, 6.45) is 1.33. The molecule has 2 N–H and O–H groups in total. The number of nitrogens with zero attached hydrogens (tertiary/aromatic N) is 1. The number of aromatic nitrogens is 1. The van der Waals surface area contributed by atoms with Gasteiger partial charge >= 0.3 is 11.9 Å². The van der Waals surface area contributed by atoms with Crippen LogP contribution in [-0.2, 0) is 0 Å². The second-order valence-electron chi connectivity index (χ2n) is 3.77. The van der Waals surface area contributed by atoms with E-state index in [-0.39, 0.29) is 11.3 Å². The van der Waals surface area contributed by atoms with Gasteiger partial charge in [-0.05, 0) is 24.3 Å². The Morgan fingerprint density at radius 1 is 0.947 bits per heavy atom. The summed E-state index contributed by atoms with van der Waals surface area (Å²) in [7, 11) is 0. The summed E-state index contributed by atoms with van der Waals surface area (Å²) < 4.78 is 1.30. The molecule has 0 amide bonds. The van der Waals surface area contributed by atoms with E-state index >= 15 is 0 Å². The third-order valence-corrected chi connectivity index (χ3v) is 2.54. The Morgan fingerprint density at radius 3 is 2.11 bits per heavy atom. The van der Waals surface area contributed by atoms with Crippen molar-refractivity contribution in [2.75, 3.05) is 0 Å². The molecule has 0 saturated heterocycles. The Bertz CT molecular complexity index is 700. The molecule has 1 aromatic carbocycles. The zero-order valence-electron chi connectivity index (χ0n) is 9.61. The molecule has 0 spiro atoms. The molecule has 19 heavy (non-hydrogen) atoms. The zero-order valence-corrected chi connectivity index (χ0v) is 9.61. The Kier molecular flexibility index (Phi) is 3.15. The molecule has 6 nitrogen and oxygen atoms in total. The van der Waals surface area contributed by atoms with E-state index in [0.717, 1.165) is 6.07 Å². The predicted octanol–water partition coefficient (Wildman–Crippen LogP) is 1.23. The molecule has 2 aromatic rings. The lowest BCUT2D eigenvalue weighted by atomic mass is 10.2. The highest BCUT2D eigenvalue weighted by molar-refractivity contribution is 5.88. The molecule has 0 atom stereocenters. The summed E-state index contributed by atoms with van der Waals surface area (Å²) in [5.74, 6) is -2.30. The summed E-state index contributed by atoms with van der Waals surface area (Å²) >= 11 is 0. The van der Waals surface area contributed by atoms with Crippen LogP contribution in [-0.4, -0.2) is 26.7 Å². The van der Waals surface area contributed by atoms with E-state index in [2.05, 4.69) is 0 Å². The van der Waals surface area contributed by atoms with Crippen LogP contribution < -0.4 is 5.43 Å². The van der Waals surface area contributed by atoms with Gasteiger partial charge in [0.1, 0.15) is 5.69 Å². The smallest absolute Gasteiger partial charge is 0.353 e. The average Bonchev–Trinajstić information content (AvgIpc) is 2.38. The minimum Gasteiger partial charge on any atom is -0.478 e. The van der Waals surface area contributed by atoms with Gasteiger partial charge in [0.25, 0.3) is 0 Å². The first kappa shape index (κ1) is 12.6. The molecule has 0 aliphatic heterocycles. The summed E-state index contributed by atoms with van der Waals surface area (Å²) in [6.45, 7) is 0. The van der Waals surface area contributed by atoms with Crippen LogP contribution >= 0.6 is 0 Å². The van der Waals surface area contributed by atoms with Gasteiger partial charge < -0.3 is 14.8 Å². The molecule has 0 radical (unpaired) electrons. The Hall–Kier alpha value is -2.89. The van der Waals surface area contributed by atoms with E-state index < -0.39 is 17.4 Å². The molecular formula is C13H9NO5. The van der Waals surface area contributed by atoms with Crippen molar-refractivity contribution in [3.8, 4) is 5.69 Å². The van der Waals surface area contributed by atoms with Crippen molar-refractivity contribution >= 4 is 11.9 Å². The van der Waals surface area contributed by atoms with Crippen LogP contribution in [0.2, 0.25) is 0 Å². The van der Waals surface area contributed by atoms with Crippen LogP contribution in [0.5, 0.6) is 0 Å². The number of carbonyl (C=O) groups is 2. The fourth-order valence-corrected chi connectivity index (χ4v) is 1.64. The highest BCUT2D eigenvalue weighted by Gasteiger charge is 2.11. The number of hydrogen-bond donors (Lipinski definition) is 2. The normalized spacial score (nSPS) is 10.1. The fourth-order valence-electron chi connectivity index (χ4n) is 1.64. The molecule has 0 fully saturated rings. The SMILES string of the molecule is O=C(O)c1ccc(-n2ccc(=O)cc2C(=O)O)cc1. The third kappa shape index (κ3) is 2.52. The first-order valence-corrected chi connectivity index (χ1v) is 5.29. The third-order valence-electron chi connectivity index (χ3n) is 2.54. The topological polar surface area (TPSA) is 96.6 Å². The summed E-state index contributed by atoms with van der Waals surface area (Å²) in [5.41, 5.74) is -0.0320. The van der Waals surface area contributed by atoms with Gasteiger partial charge in [0.2, 0.25) is 0 Å². The maximum atomic E-state index is 11.2. The minimum absolute atomic E-state index is 0.0988. The van der Waals surface area contributed by atoms with E-state index in [1.54, 1.807) is 0 Å². The summed E-state index contributed by atoms with van der Waals surface area (Å²) in [6, 6.07) is 7.91. The van der Waals surface area contributed by atoms with E-state index in [9.17, 15) is 14.4 Å². The van der Waals surface area contributed by atoms with Crippen LogP contribution in [0.25, 0.3) is 5.69 Å². The Labute approximate surface area is 107 Å². The Balaban J connectivity index is 2.55. The first-order chi connectivity index (χ1) is 8.99. The number of rotatable bonds is 3. The number of benzene rings is 1. The van der Waals surface area contributed by atoms with E-state index in [1.165, 1.54) is 41.1 Å². The van der Waals surface area contributed by atoms with Gasteiger partial charge in [0, 0.05) is 24.0 Å². The molecule has 0 unspecified atom stereocenters. The quantitative estimate of drug-likeness (QED) is 0.864. The monoisotopic (exact) mass is 259 g/mol. The van der Waals surface area contributed by atoms with Gasteiger partial charge in [0.15, 0.2) is 5.43 Å². The number of carboxylic acids is 2. The highest BCUT2D eigenvalue weighted by atomic mass is 16.4. The van der Waals surface area contributed by atoms with Crippen molar-refractivity contribution in [2.24, 2.45) is 0 Å². The molecule has 0 aliphatic carbocycles. The van der Waals surface area contributed by atoms with E-state index in [4.69, 9.17) is 10.2 Å². The fraction of sp³-hybridized carbons (Fsp3) is 0. The van der Waals surface area contributed by atoms with Crippen molar-refractivity contribution in [1.82, 2.24) is 4.57 Å². The summed E-state index contributed by atoms with van der Waals surface area (Å²) in [4.78, 5) is 33.0. The molecule has 0 aliphatic rings. The second-order valence-corrected chi connectivity index (χ2v) is 3.77. The van der Waals surface area contributed by atoms with Crippen molar-refractivity contribution in [2.45, 2.75) is 0 Å². The second kappa shape index (κ2) is 4.77. The zero-order chi connectivity index (χ0) is 14.0. The molecular weight excluding hydrogens is 250 g/mol. The predicted molar refractivity (Wildman–Crippen MR) is 66.0 cm³/mol. The molecule has 1 heterocycles. The largest absolute Gasteiger partial charge is 0.478 e. The molecule has 1 aromatic heterocycles. The van der Waals surface area contributed by atoms with Crippen LogP contribution in [0, 0.1) is 0 Å². The molecule has 0 bridgehead atoms. The maximum Gasteiger partial charge on any atom is 0.353 e. The number of carboxylic acid groups (broad SMARTS) is 2. The van der Waals surface area contributed by atoms with Crippen LogP contribution in [0.15, 0.2) is 47.4 Å². The number of pyridine rings is 1.